The van der Waals surface area contributed by atoms with E-state index in [4.69, 9.17) is 0 Å². The number of sulfonamides is 1. The zero-order valence-electron chi connectivity index (χ0n) is 12.8. The Morgan fingerprint density at radius 3 is 2.55 bits per heavy atom. The fourth-order valence-corrected chi connectivity index (χ4v) is 3.83. The van der Waals surface area contributed by atoms with E-state index >= 15 is 0 Å². The van der Waals surface area contributed by atoms with Crippen LogP contribution in [0.5, 0.6) is 0 Å². The topological polar surface area (TPSA) is 65.5 Å². The third kappa shape index (κ3) is 3.91. The van der Waals surface area contributed by atoms with Crippen LogP contribution >= 0.6 is 0 Å². The monoisotopic (exact) mass is 300 g/mol. The summed E-state index contributed by atoms with van der Waals surface area (Å²) < 4.78 is 26.9. The van der Waals surface area contributed by atoms with Crippen molar-refractivity contribution in [2.45, 2.75) is 24.8 Å². The highest BCUT2D eigenvalue weighted by atomic mass is 32.2. The summed E-state index contributed by atoms with van der Waals surface area (Å²) in [6, 6.07) is 2.99. The van der Waals surface area contributed by atoms with Crippen LogP contribution in [-0.2, 0) is 10.0 Å². The van der Waals surface area contributed by atoms with Crippen molar-refractivity contribution in [1.82, 2.24) is 14.2 Å². The molecule has 0 amide bonds. The lowest BCUT2D eigenvalue weighted by molar-refractivity contribution is 0.271. The molecule has 114 valence electrons. The molecule has 1 unspecified atom stereocenters. The first-order valence-electron chi connectivity index (χ1n) is 6.63. The lowest BCUT2D eigenvalue weighted by Crippen LogP contribution is -2.43. The summed E-state index contributed by atoms with van der Waals surface area (Å²) in [4.78, 5) is 6.30. The van der Waals surface area contributed by atoms with Crippen molar-refractivity contribution >= 4 is 15.8 Å². The number of anilines is 1. The van der Waals surface area contributed by atoms with Crippen LogP contribution in [0.3, 0.4) is 0 Å². The van der Waals surface area contributed by atoms with Gasteiger partial charge in [0.25, 0.3) is 0 Å². The lowest BCUT2D eigenvalue weighted by atomic mass is 10.3. The smallest absolute Gasteiger partial charge is 0.243 e. The van der Waals surface area contributed by atoms with Gasteiger partial charge in [-0.25, -0.2) is 13.4 Å². The summed E-state index contributed by atoms with van der Waals surface area (Å²) in [5.74, 6) is 0.544. The maximum absolute atomic E-state index is 12.7. The number of aromatic nitrogens is 1. The zero-order valence-corrected chi connectivity index (χ0v) is 13.6. The van der Waals surface area contributed by atoms with Crippen LogP contribution in [0.1, 0.15) is 13.8 Å². The van der Waals surface area contributed by atoms with E-state index in [0.717, 1.165) is 0 Å². The molecule has 20 heavy (non-hydrogen) atoms. The minimum Gasteiger partial charge on any atom is -0.373 e. The normalized spacial score (nSPS) is 13.8. The van der Waals surface area contributed by atoms with Gasteiger partial charge in [-0.1, -0.05) is 6.92 Å². The fraction of sp³-hybridized carbons (Fsp3) is 0.615. The first-order chi connectivity index (χ1) is 9.32. The molecule has 1 aromatic heterocycles. The van der Waals surface area contributed by atoms with Crippen LogP contribution in [0.25, 0.3) is 0 Å². The van der Waals surface area contributed by atoms with Gasteiger partial charge in [0.15, 0.2) is 0 Å². The number of hydrogen-bond donors (Lipinski definition) is 1. The first-order valence-corrected chi connectivity index (χ1v) is 8.07. The molecule has 0 bridgehead atoms. The number of nitrogens with one attached hydrogen (secondary N) is 1. The molecule has 0 aliphatic carbocycles. The van der Waals surface area contributed by atoms with Gasteiger partial charge in [0.2, 0.25) is 10.0 Å². The fourth-order valence-electron chi connectivity index (χ4n) is 2.18. The van der Waals surface area contributed by atoms with Crippen molar-refractivity contribution in [2.24, 2.45) is 0 Å². The number of likely N-dealkylation sites (N-methyl/N-ethyl adjacent to an activating group) is 2. The minimum atomic E-state index is -3.50. The zero-order chi connectivity index (χ0) is 15.3. The highest BCUT2D eigenvalue weighted by molar-refractivity contribution is 7.89. The average Bonchev–Trinajstić information content (AvgIpc) is 2.38. The molecule has 0 aliphatic heterocycles. The van der Waals surface area contributed by atoms with Crippen molar-refractivity contribution in [1.29, 1.82) is 0 Å². The summed E-state index contributed by atoms with van der Waals surface area (Å²) in [7, 11) is 2.08. The Balaban J connectivity index is 3.11. The van der Waals surface area contributed by atoms with E-state index in [1.165, 1.54) is 16.6 Å². The van der Waals surface area contributed by atoms with Gasteiger partial charge in [-0.05, 0) is 27.1 Å². The second-order valence-corrected chi connectivity index (χ2v) is 6.84. The van der Waals surface area contributed by atoms with Gasteiger partial charge in [-0.2, -0.15) is 4.31 Å². The summed E-state index contributed by atoms with van der Waals surface area (Å²) in [6.07, 6.45) is 1.50. The van der Waals surface area contributed by atoms with Gasteiger partial charge in [0, 0.05) is 38.4 Å². The molecule has 0 saturated heterocycles. The molecular formula is C13H24N4O2S. The molecule has 0 radical (unpaired) electrons. The highest BCUT2D eigenvalue weighted by Crippen LogP contribution is 2.20. The molecule has 1 aromatic rings. The number of rotatable bonds is 7. The molecule has 1 N–H and O–H groups in total. The van der Waals surface area contributed by atoms with Crippen LogP contribution in [0, 0.1) is 0 Å². The van der Waals surface area contributed by atoms with E-state index in [2.05, 4.69) is 10.3 Å². The quantitative estimate of drug-likeness (QED) is 0.816. The Hall–Kier alpha value is -1.18. The summed E-state index contributed by atoms with van der Waals surface area (Å²) in [6.45, 7) is 4.89. The summed E-state index contributed by atoms with van der Waals surface area (Å²) in [5, 5.41) is 2.86. The third-order valence-electron chi connectivity index (χ3n) is 3.03. The first kappa shape index (κ1) is 16.9. The maximum atomic E-state index is 12.7. The van der Waals surface area contributed by atoms with Crippen molar-refractivity contribution in [2.75, 3.05) is 39.5 Å². The van der Waals surface area contributed by atoms with E-state index in [0.29, 0.717) is 18.9 Å². The van der Waals surface area contributed by atoms with Crippen molar-refractivity contribution in [3.05, 3.63) is 18.3 Å². The largest absolute Gasteiger partial charge is 0.373 e. The van der Waals surface area contributed by atoms with E-state index in [1.54, 1.807) is 13.1 Å². The predicted octanol–water partition coefficient (Wildman–Crippen LogP) is 1.08. The number of hydrogen-bond acceptors (Lipinski definition) is 5. The summed E-state index contributed by atoms with van der Waals surface area (Å²) in [5.41, 5.74) is 0. The second-order valence-electron chi connectivity index (χ2n) is 4.95. The van der Waals surface area contributed by atoms with E-state index < -0.39 is 10.0 Å². The number of nitrogens with zero attached hydrogens (tertiary/aromatic N) is 3. The van der Waals surface area contributed by atoms with Crippen LogP contribution in [-0.4, -0.2) is 62.9 Å². The molecule has 1 heterocycles. The van der Waals surface area contributed by atoms with Crippen LogP contribution < -0.4 is 5.32 Å². The summed E-state index contributed by atoms with van der Waals surface area (Å²) >= 11 is 0. The predicted molar refractivity (Wildman–Crippen MR) is 81.4 cm³/mol. The number of pyridine rings is 1. The van der Waals surface area contributed by atoms with Crippen molar-refractivity contribution in [3.8, 4) is 0 Å². The molecule has 1 atom stereocenters. The maximum Gasteiger partial charge on any atom is 0.243 e. The molecule has 1 rings (SSSR count). The molecule has 0 saturated carbocycles. The molecule has 0 aliphatic rings. The highest BCUT2D eigenvalue weighted by Gasteiger charge is 2.28. The Kier molecular flexibility index (Phi) is 5.91. The molecule has 0 fully saturated rings. The van der Waals surface area contributed by atoms with E-state index in [-0.39, 0.29) is 10.9 Å². The Morgan fingerprint density at radius 1 is 1.40 bits per heavy atom. The van der Waals surface area contributed by atoms with E-state index in [9.17, 15) is 8.42 Å². The van der Waals surface area contributed by atoms with Gasteiger partial charge >= 0.3 is 0 Å². The van der Waals surface area contributed by atoms with Gasteiger partial charge in [0.05, 0.1) is 4.90 Å². The standard InChI is InChI=1S/C13H24N4O2S/c1-6-17(11(2)10-16(4)5)20(18,19)12-7-8-15-13(9-12)14-3/h7-9,11H,6,10H2,1-5H3,(H,14,15). The second kappa shape index (κ2) is 7.01. The molecule has 6 nitrogen and oxygen atoms in total. The van der Waals surface area contributed by atoms with Crippen molar-refractivity contribution in [3.63, 3.8) is 0 Å². The molecule has 0 spiro atoms. The van der Waals surface area contributed by atoms with Crippen LogP contribution in [0.15, 0.2) is 23.2 Å². The van der Waals surface area contributed by atoms with E-state index in [1.807, 2.05) is 32.8 Å². The molecular weight excluding hydrogens is 276 g/mol. The van der Waals surface area contributed by atoms with Crippen molar-refractivity contribution < 1.29 is 8.42 Å². The van der Waals surface area contributed by atoms with Gasteiger partial charge in [-0.3, -0.25) is 0 Å². The molecule has 0 aromatic carbocycles. The average molecular weight is 300 g/mol. The SMILES string of the molecule is CCN(C(C)CN(C)C)S(=O)(=O)c1ccnc(NC)c1. The Labute approximate surface area is 121 Å². The Morgan fingerprint density at radius 2 is 2.05 bits per heavy atom. The van der Waals surface area contributed by atoms with Gasteiger partial charge in [0.1, 0.15) is 5.82 Å². The minimum absolute atomic E-state index is 0.0915. The lowest BCUT2D eigenvalue weighted by Gasteiger charge is -2.29. The molecule has 7 heteroatoms. The van der Waals surface area contributed by atoms with Gasteiger partial charge < -0.3 is 10.2 Å². The Bertz CT molecular complexity index is 531. The van der Waals surface area contributed by atoms with Gasteiger partial charge in [-0.15, -0.1) is 0 Å². The third-order valence-corrected chi connectivity index (χ3v) is 5.11. The van der Waals surface area contributed by atoms with Crippen LogP contribution in [0.4, 0.5) is 5.82 Å². The van der Waals surface area contributed by atoms with Crippen LogP contribution in [0.2, 0.25) is 0 Å².